The zero-order valence-electron chi connectivity index (χ0n) is 15.4. The molecule has 1 fully saturated rings. The molecule has 1 atom stereocenters. The van der Waals surface area contributed by atoms with Gasteiger partial charge in [-0.1, -0.05) is 11.6 Å². The maximum atomic E-state index is 13.0. The van der Waals surface area contributed by atoms with Gasteiger partial charge in [0.05, 0.1) is 21.8 Å². The first-order valence-corrected chi connectivity index (χ1v) is 9.40. The summed E-state index contributed by atoms with van der Waals surface area (Å²) in [6.07, 6.45) is -2.90. The number of hydrogen-bond donors (Lipinski definition) is 1. The molecule has 5 nitrogen and oxygen atoms in total. The van der Waals surface area contributed by atoms with Crippen molar-refractivity contribution in [2.24, 2.45) is 0 Å². The van der Waals surface area contributed by atoms with E-state index in [0.717, 1.165) is 25.0 Å². The molecule has 1 N–H and O–H groups in total. The van der Waals surface area contributed by atoms with Crippen molar-refractivity contribution in [1.82, 2.24) is 4.90 Å². The molecule has 4 rings (SSSR count). The molecule has 0 radical (unpaired) electrons. The van der Waals surface area contributed by atoms with Crippen molar-refractivity contribution in [2.45, 2.75) is 25.2 Å². The lowest BCUT2D eigenvalue weighted by Gasteiger charge is -2.40. The van der Waals surface area contributed by atoms with Gasteiger partial charge in [0.1, 0.15) is 6.17 Å². The lowest BCUT2D eigenvalue weighted by Crippen LogP contribution is -2.50. The summed E-state index contributed by atoms with van der Waals surface area (Å²) in [7, 11) is 1.87. The Bertz CT molecular complexity index is 1010. The second kappa shape index (κ2) is 6.95. The minimum atomic E-state index is -4.63. The molecule has 2 heterocycles. The monoisotopic (exact) mass is 423 g/mol. The van der Waals surface area contributed by atoms with Crippen LogP contribution in [0.1, 0.15) is 39.1 Å². The van der Waals surface area contributed by atoms with E-state index in [4.69, 9.17) is 11.6 Å². The third-order valence-corrected chi connectivity index (χ3v) is 5.66. The first-order chi connectivity index (χ1) is 13.7. The zero-order valence-corrected chi connectivity index (χ0v) is 16.1. The number of anilines is 2. The Labute approximate surface area is 170 Å². The first kappa shape index (κ1) is 19.6. The van der Waals surface area contributed by atoms with Crippen molar-refractivity contribution in [1.29, 1.82) is 0 Å². The van der Waals surface area contributed by atoms with Crippen LogP contribution < -0.4 is 10.2 Å². The van der Waals surface area contributed by atoms with Gasteiger partial charge in [-0.2, -0.15) is 13.2 Å². The number of carbonyl (C=O) groups is 2. The highest BCUT2D eigenvalue weighted by atomic mass is 35.5. The maximum absolute atomic E-state index is 13.0. The lowest BCUT2D eigenvalue weighted by molar-refractivity contribution is -0.137. The van der Waals surface area contributed by atoms with Gasteiger partial charge in [-0.15, -0.1) is 0 Å². The van der Waals surface area contributed by atoms with E-state index in [1.165, 1.54) is 12.1 Å². The van der Waals surface area contributed by atoms with Crippen LogP contribution in [0.5, 0.6) is 0 Å². The van der Waals surface area contributed by atoms with Gasteiger partial charge in [-0.05, 0) is 49.2 Å². The molecule has 2 aliphatic heterocycles. The van der Waals surface area contributed by atoms with Crippen LogP contribution in [0.4, 0.5) is 24.5 Å². The average molecular weight is 424 g/mol. The molecule has 152 valence electrons. The van der Waals surface area contributed by atoms with Crippen LogP contribution in [0.25, 0.3) is 0 Å². The third-order valence-electron chi connectivity index (χ3n) is 5.33. The van der Waals surface area contributed by atoms with Crippen molar-refractivity contribution < 1.29 is 22.8 Å². The molecule has 2 aromatic carbocycles. The molecule has 0 aromatic heterocycles. The number of carbonyl (C=O) groups excluding carboxylic acids is 2. The summed E-state index contributed by atoms with van der Waals surface area (Å²) in [5.41, 5.74) is 0.356. The fraction of sp³-hybridized carbons (Fsp3) is 0.300. The molecule has 2 aliphatic rings. The fourth-order valence-corrected chi connectivity index (χ4v) is 4.10. The summed E-state index contributed by atoms with van der Waals surface area (Å²) in [6.45, 7) is 0.702. The van der Waals surface area contributed by atoms with Gasteiger partial charge in [0, 0.05) is 24.8 Å². The van der Waals surface area contributed by atoms with E-state index in [-0.39, 0.29) is 23.3 Å². The van der Waals surface area contributed by atoms with Crippen LogP contribution in [0.3, 0.4) is 0 Å². The number of fused-ring (bicyclic) bond motifs is 2. The molecule has 2 amide bonds. The average Bonchev–Trinajstić information content (AvgIpc) is 3.16. The Morgan fingerprint density at radius 2 is 1.97 bits per heavy atom. The van der Waals surface area contributed by atoms with Gasteiger partial charge in [-0.25, -0.2) is 0 Å². The van der Waals surface area contributed by atoms with E-state index in [1.54, 1.807) is 12.1 Å². The number of amides is 2. The van der Waals surface area contributed by atoms with Crippen molar-refractivity contribution in [2.75, 3.05) is 23.8 Å². The summed E-state index contributed by atoms with van der Waals surface area (Å²) in [4.78, 5) is 29.1. The van der Waals surface area contributed by atoms with Gasteiger partial charge >= 0.3 is 6.18 Å². The highest BCUT2D eigenvalue weighted by molar-refractivity contribution is 6.31. The number of benzene rings is 2. The minimum Gasteiger partial charge on any atom is -0.354 e. The van der Waals surface area contributed by atoms with Crippen LogP contribution in [-0.4, -0.2) is 36.5 Å². The molecule has 2 aromatic rings. The van der Waals surface area contributed by atoms with E-state index < -0.39 is 22.7 Å². The number of alkyl halides is 3. The highest BCUT2D eigenvalue weighted by Crippen LogP contribution is 2.37. The predicted molar refractivity (Wildman–Crippen MR) is 103 cm³/mol. The highest BCUT2D eigenvalue weighted by Gasteiger charge is 2.39. The van der Waals surface area contributed by atoms with Crippen LogP contribution in [0, 0.1) is 0 Å². The quantitative estimate of drug-likeness (QED) is 0.766. The summed E-state index contributed by atoms with van der Waals surface area (Å²) in [5, 5.41) is 2.03. The summed E-state index contributed by atoms with van der Waals surface area (Å²) in [6, 6.07) is 7.87. The van der Waals surface area contributed by atoms with Gasteiger partial charge < -0.3 is 15.1 Å². The van der Waals surface area contributed by atoms with Gasteiger partial charge in [0.2, 0.25) is 0 Å². The summed E-state index contributed by atoms with van der Waals surface area (Å²) in [5.74, 6) is -0.641. The zero-order chi connectivity index (χ0) is 20.9. The summed E-state index contributed by atoms with van der Waals surface area (Å²) >= 11 is 5.61. The number of halogens is 4. The Kier molecular flexibility index (Phi) is 4.69. The number of hydrogen-bond acceptors (Lipinski definition) is 3. The largest absolute Gasteiger partial charge is 0.417 e. The Hall–Kier alpha value is -2.74. The van der Waals surface area contributed by atoms with Crippen molar-refractivity contribution in [3.05, 3.63) is 58.1 Å². The van der Waals surface area contributed by atoms with Gasteiger partial charge in [0.15, 0.2) is 0 Å². The second-order valence-electron chi connectivity index (χ2n) is 7.11. The van der Waals surface area contributed by atoms with E-state index in [1.807, 2.05) is 16.8 Å². The van der Waals surface area contributed by atoms with E-state index in [2.05, 4.69) is 5.32 Å². The Morgan fingerprint density at radius 3 is 2.69 bits per heavy atom. The van der Waals surface area contributed by atoms with Gasteiger partial charge in [-0.3, -0.25) is 9.59 Å². The number of nitrogens with one attached hydrogen (secondary N) is 1. The lowest BCUT2D eigenvalue weighted by atomic mass is 10.0. The molecule has 0 unspecified atom stereocenters. The van der Waals surface area contributed by atoms with E-state index in [9.17, 15) is 22.8 Å². The van der Waals surface area contributed by atoms with Crippen LogP contribution in [0.15, 0.2) is 36.4 Å². The second-order valence-corrected chi connectivity index (χ2v) is 7.52. The molecule has 0 aliphatic carbocycles. The molecule has 29 heavy (non-hydrogen) atoms. The smallest absolute Gasteiger partial charge is 0.354 e. The maximum Gasteiger partial charge on any atom is 0.417 e. The Morgan fingerprint density at radius 1 is 1.21 bits per heavy atom. The third kappa shape index (κ3) is 3.42. The first-order valence-electron chi connectivity index (χ1n) is 9.03. The topological polar surface area (TPSA) is 52.7 Å². The number of nitrogens with zero attached hydrogens (tertiary/aromatic N) is 2. The van der Waals surface area contributed by atoms with Gasteiger partial charge in [0.25, 0.3) is 11.8 Å². The predicted octanol–water partition coefficient (Wildman–Crippen LogP) is 4.62. The molecule has 0 spiro atoms. The van der Waals surface area contributed by atoms with Crippen molar-refractivity contribution in [3.63, 3.8) is 0 Å². The Balaban J connectivity index is 1.61. The number of rotatable bonds is 2. The van der Waals surface area contributed by atoms with Crippen molar-refractivity contribution in [3.8, 4) is 0 Å². The molecule has 1 saturated heterocycles. The molecule has 0 bridgehead atoms. The standard InChI is InChI=1S/C20H17ClF3N3O2/c1-26-16-9-11(4-6-13(16)19(29)27-8-2-3-17(26)27)18(28)25-12-5-7-15(21)14(10-12)20(22,23)24/h4-7,9-10,17H,2-3,8H2,1H3,(H,25,28)/t17-/m1/s1. The van der Waals surface area contributed by atoms with Crippen LogP contribution >= 0.6 is 11.6 Å². The molecular weight excluding hydrogens is 407 g/mol. The van der Waals surface area contributed by atoms with E-state index >= 15 is 0 Å². The normalized spacial score (nSPS) is 18.5. The molecule has 0 saturated carbocycles. The van der Waals surface area contributed by atoms with Crippen LogP contribution in [-0.2, 0) is 6.18 Å². The summed E-state index contributed by atoms with van der Waals surface area (Å²) < 4.78 is 39.1. The fourth-order valence-electron chi connectivity index (χ4n) is 3.87. The molecular formula is C20H17ClF3N3O2. The van der Waals surface area contributed by atoms with Crippen LogP contribution in [0.2, 0.25) is 5.02 Å². The van der Waals surface area contributed by atoms with E-state index in [0.29, 0.717) is 17.8 Å². The van der Waals surface area contributed by atoms with Crippen molar-refractivity contribution >= 4 is 34.8 Å². The molecule has 9 heteroatoms. The minimum absolute atomic E-state index is 0.0177. The SMILES string of the molecule is CN1c2cc(C(=O)Nc3ccc(Cl)c(C(F)(F)F)c3)ccc2C(=O)N2CCC[C@@H]21.